The highest BCUT2D eigenvalue weighted by molar-refractivity contribution is 5.81. The zero-order valence-corrected chi connectivity index (χ0v) is 11.2. The molecular formula is C16H21NO. The van der Waals surface area contributed by atoms with E-state index in [1.807, 2.05) is 6.26 Å². The second-order valence-electron chi connectivity index (χ2n) is 5.65. The van der Waals surface area contributed by atoms with E-state index in [0.29, 0.717) is 5.92 Å². The Hall–Kier alpha value is -1.28. The molecule has 1 aromatic carbocycles. The number of rotatable bonds is 5. The molecule has 1 saturated carbocycles. The van der Waals surface area contributed by atoms with Crippen LogP contribution in [0.25, 0.3) is 11.0 Å². The molecule has 0 atom stereocenters. The molecular weight excluding hydrogens is 222 g/mol. The van der Waals surface area contributed by atoms with Crippen LogP contribution >= 0.6 is 0 Å². The van der Waals surface area contributed by atoms with Crippen molar-refractivity contribution in [2.24, 2.45) is 0 Å². The predicted molar refractivity (Wildman–Crippen MR) is 75.0 cm³/mol. The van der Waals surface area contributed by atoms with Crippen molar-refractivity contribution in [1.29, 1.82) is 0 Å². The normalized spacial score (nSPS) is 15.7. The molecule has 0 aliphatic heterocycles. The van der Waals surface area contributed by atoms with Gasteiger partial charge in [-0.3, -0.25) is 0 Å². The molecule has 1 fully saturated rings. The maximum atomic E-state index is 5.63. The second kappa shape index (κ2) is 4.77. The van der Waals surface area contributed by atoms with Gasteiger partial charge in [0.2, 0.25) is 0 Å². The molecule has 2 heteroatoms. The van der Waals surface area contributed by atoms with Gasteiger partial charge in [0, 0.05) is 11.4 Å². The molecule has 0 bridgehead atoms. The third-order valence-electron chi connectivity index (χ3n) is 3.75. The molecule has 0 radical (unpaired) electrons. The van der Waals surface area contributed by atoms with E-state index in [9.17, 15) is 0 Å². The highest BCUT2D eigenvalue weighted by atomic mass is 16.3. The number of nitrogens with one attached hydrogen (secondary N) is 1. The summed E-state index contributed by atoms with van der Waals surface area (Å²) in [6.07, 6.45) is 5.68. The van der Waals surface area contributed by atoms with Crippen LogP contribution in [-0.2, 0) is 6.42 Å². The molecule has 18 heavy (non-hydrogen) atoms. The molecule has 3 rings (SSSR count). The van der Waals surface area contributed by atoms with Crippen LogP contribution in [0.3, 0.4) is 0 Å². The van der Waals surface area contributed by atoms with Crippen molar-refractivity contribution >= 4 is 11.0 Å². The third-order valence-corrected chi connectivity index (χ3v) is 3.75. The Kier molecular flexibility index (Phi) is 3.13. The Morgan fingerprint density at radius 1 is 1.33 bits per heavy atom. The van der Waals surface area contributed by atoms with Crippen LogP contribution in [0.2, 0.25) is 0 Å². The summed E-state index contributed by atoms with van der Waals surface area (Å²) in [5.41, 5.74) is 3.74. The van der Waals surface area contributed by atoms with E-state index < -0.39 is 0 Å². The van der Waals surface area contributed by atoms with Crippen molar-refractivity contribution in [1.82, 2.24) is 5.32 Å². The lowest BCUT2D eigenvalue weighted by Gasteiger charge is -2.05. The lowest BCUT2D eigenvalue weighted by Crippen LogP contribution is -2.19. The summed E-state index contributed by atoms with van der Waals surface area (Å²) in [5.74, 6) is 0.571. The van der Waals surface area contributed by atoms with Crippen LogP contribution in [0, 0.1) is 0 Å². The summed E-state index contributed by atoms with van der Waals surface area (Å²) in [6.45, 7) is 5.52. The van der Waals surface area contributed by atoms with Crippen LogP contribution in [0.15, 0.2) is 28.9 Å². The first-order chi connectivity index (χ1) is 8.74. The van der Waals surface area contributed by atoms with E-state index in [1.165, 1.54) is 29.4 Å². The van der Waals surface area contributed by atoms with Gasteiger partial charge in [0.25, 0.3) is 0 Å². The van der Waals surface area contributed by atoms with Crippen molar-refractivity contribution < 1.29 is 4.42 Å². The topological polar surface area (TPSA) is 25.2 Å². The first-order valence-corrected chi connectivity index (χ1v) is 6.97. The first kappa shape index (κ1) is 11.8. The van der Waals surface area contributed by atoms with Gasteiger partial charge in [-0.2, -0.15) is 0 Å². The fourth-order valence-corrected chi connectivity index (χ4v) is 2.35. The van der Waals surface area contributed by atoms with Crippen LogP contribution in [-0.4, -0.2) is 12.6 Å². The SMILES string of the molecule is CC(C)c1ccc2occ(CCNC3CC3)c2c1. The maximum Gasteiger partial charge on any atom is 0.134 e. The van der Waals surface area contributed by atoms with Gasteiger partial charge in [0.15, 0.2) is 0 Å². The molecule has 1 heterocycles. The lowest BCUT2D eigenvalue weighted by atomic mass is 10.00. The van der Waals surface area contributed by atoms with E-state index in [2.05, 4.69) is 37.4 Å². The van der Waals surface area contributed by atoms with E-state index in [1.54, 1.807) is 0 Å². The smallest absolute Gasteiger partial charge is 0.134 e. The summed E-state index contributed by atoms with van der Waals surface area (Å²) in [6, 6.07) is 7.34. The zero-order valence-electron chi connectivity index (χ0n) is 11.2. The van der Waals surface area contributed by atoms with E-state index >= 15 is 0 Å². The van der Waals surface area contributed by atoms with Crippen molar-refractivity contribution in [3.63, 3.8) is 0 Å². The van der Waals surface area contributed by atoms with Gasteiger partial charge in [-0.1, -0.05) is 19.9 Å². The monoisotopic (exact) mass is 243 g/mol. The molecule has 96 valence electrons. The minimum atomic E-state index is 0.571. The summed E-state index contributed by atoms with van der Waals surface area (Å²) in [4.78, 5) is 0. The molecule has 0 amide bonds. The molecule has 0 spiro atoms. The van der Waals surface area contributed by atoms with Gasteiger partial charge in [0.1, 0.15) is 5.58 Å². The summed E-state index contributed by atoms with van der Waals surface area (Å²) in [5, 5.41) is 4.85. The molecule has 1 aromatic heterocycles. The van der Waals surface area contributed by atoms with Gasteiger partial charge >= 0.3 is 0 Å². The molecule has 2 aromatic rings. The van der Waals surface area contributed by atoms with Crippen LogP contribution in [0.4, 0.5) is 0 Å². The second-order valence-corrected chi connectivity index (χ2v) is 5.65. The highest BCUT2D eigenvalue weighted by Crippen LogP contribution is 2.26. The lowest BCUT2D eigenvalue weighted by molar-refractivity contribution is 0.605. The summed E-state index contributed by atoms with van der Waals surface area (Å²) in [7, 11) is 0. The van der Waals surface area contributed by atoms with Crippen molar-refractivity contribution in [2.45, 2.75) is 45.1 Å². The van der Waals surface area contributed by atoms with Gasteiger partial charge in [-0.25, -0.2) is 0 Å². The van der Waals surface area contributed by atoms with Crippen molar-refractivity contribution in [3.05, 3.63) is 35.6 Å². The van der Waals surface area contributed by atoms with Crippen LogP contribution in [0.1, 0.15) is 43.7 Å². The van der Waals surface area contributed by atoms with E-state index in [0.717, 1.165) is 24.6 Å². The quantitative estimate of drug-likeness (QED) is 0.863. The Morgan fingerprint density at radius 2 is 2.17 bits per heavy atom. The zero-order chi connectivity index (χ0) is 12.5. The molecule has 0 unspecified atom stereocenters. The number of hydrogen-bond donors (Lipinski definition) is 1. The van der Waals surface area contributed by atoms with Gasteiger partial charge in [-0.05, 0) is 55.0 Å². The first-order valence-electron chi connectivity index (χ1n) is 6.97. The molecule has 1 aliphatic carbocycles. The van der Waals surface area contributed by atoms with Crippen LogP contribution < -0.4 is 5.32 Å². The Balaban J connectivity index is 1.79. The fraction of sp³-hybridized carbons (Fsp3) is 0.500. The Bertz CT molecular complexity index is 537. The van der Waals surface area contributed by atoms with E-state index in [4.69, 9.17) is 4.42 Å². The molecule has 1 aliphatic rings. The average Bonchev–Trinajstić information content (AvgIpc) is 3.09. The van der Waals surface area contributed by atoms with Gasteiger partial charge in [0.05, 0.1) is 6.26 Å². The fourth-order valence-electron chi connectivity index (χ4n) is 2.35. The minimum Gasteiger partial charge on any atom is -0.464 e. The minimum absolute atomic E-state index is 0.571. The Labute approximate surface area is 108 Å². The molecule has 2 nitrogen and oxygen atoms in total. The average molecular weight is 243 g/mol. The maximum absolute atomic E-state index is 5.63. The summed E-state index contributed by atoms with van der Waals surface area (Å²) < 4.78 is 5.63. The number of fused-ring (bicyclic) bond motifs is 1. The third kappa shape index (κ3) is 2.44. The van der Waals surface area contributed by atoms with Crippen LogP contribution in [0.5, 0.6) is 0 Å². The molecule has 1 N–H and O–H groups in total. The number of furan rings is 1. The van der Waals surface area contributed by atoms with Gasteiger partial charge in [-0.15, -0.1) is 0 Å². The van der Waals surface area contributed by atoms with E-state index in [-0.39, 0.29) is 0 Å². The summed E-state index contributed by atoms with van der Waals surface area (Å²) >= 11 is 0. The largest absolute Gasteiger partial charge is 0.464 e. The predicted octanol–water partition coefficient (Wildman–Crippen LogP) is 3.85. The van der Waals surface area contributed by atoms with Gasteiger partial charge < -0.3 is 9.73 Å². The van der Waals surface area contributed by atoms with Crippen molar-refractivity contribution in [2.75, 3.05) is 6.54 Å². The highest BCUT2D eigenvalue weighted by Gasteiger charge is 2.19. The van der Waals surface area contributed by atoms with Crippen molar-refractivity contribution in [3.8, 4) is 0 Å². The molecule has 0 saturated heterocycles. The number of hydrogen-bond acceptors (Lipinski definition) is 2. The number of benzene rings is 1. The Morgan fingerprint density at radius 3 is 2.89 bits per heavy atom. The standard InChI is InChI=1S/C16H21NO/c1-11(2)12-3-6-16-15(9-12)13(10-18-16)7-8-17-14-4-5-14/h3,6,9-11,14,17H,4-5,7-8H2,1-2H3.